The van der Waals surface area contributed by atoms with E-state index in [9.17, 15) is 0 Å². The van der Waals surface area contributed by atoms with Crippen molar-refractivity contribution in [3.63, 3.8) is 0 Å². The molecule has 0 unspecified atom stereocenters. The van der Waals surface area contributed by atoms with Gasteiger partial charge >= 0.3 is 0 Å². The number of nitrogens with zero attached hydrogens (tertiary/aromatic N) is 2. The topological polar surface area (TPSA) is 44.2 Å². The Balaban J connectivity index is 2.26. The zero-order valence-electron chi connectivity index (χ0n) is 11.7. The number of hydrogen-bond acceptors (Lipinski definition) is 5. The first-order valence-corrected chi connectivity index (χ1v) is 10.9. The summed E-state index contributed by atoms with van der Waals surface area (Å²) >= 11 is 1.50. The van der Waals surface area contributed by atoms with Crippen LogP contribution < -0.4 is 4.74 Å². The van der Waals surface area contributed by atoms with Gasteiger partial charge in [0.15, 0.2) is 5.16 Å². The molecular weight excluding hydrogens is 276 g/mol. The molecule has 1 fully saturated rings. The average Bonchev–Trinajstić information content (AvgIpc) is 2.30. The Labute approximate surface area is 119 Å². The molecule has 2 rings (SSSR count). The Morgan fingerprint density at radius 2 is 2.16 bits per heavy atom. The van der Waals surface area contributed by atoms with Crippen molar-refractivity contribution in [3.05, 3.63) is 11.8 Å². The summed E-state index contributed by atoms with van der Waals surface area (Å²) in [5.41, 5.74) is 4.09. The predicted octanol–water partition coefficient (Wildman–Crippen LogP) is 2.21. The summed E-state index contributed by atoms with van der Waals surface area (Å²) in [6, 6.07) is 0. The minimum absolute atomic E-state index is 0.0945. The number of rotatable bonds is 3. The lowest BCUT2D eigenvalue weighted by molar-refractivity contribution is -0.0816. The summed E-state index contributed by atoms with van der Waals surface area (Å²) in [6.07, 6.45) is 3.79. The van der Waals surface area contributed by atoms with E-state index in [0.29, 0.717) is 24.3 Å². The number of thioether (sulfide) groups is 1. The van der Waals surface area contributed by atoms with Gasteiger partial charge in [-0.15, -0.1) is 5.54 Å². The maximum absolute atomic E-state index is 5.81. The van der Waals surface area contributed by atoms with Gasteiger partial charge in [-0.3, -0.25) is 0 Å². The van der Waals surface area contributed by atoms with Gasteiger partial charge in [-0.25, -0.2) is 4.98 Å². The van der Waals surface area contributed by atoms with Crippen LogP contribution in [0.4, 0.5) is 0 Å². The van der Waals surface area contributed by atoms with Crippen LogP contribution >= 0.6 is 11.8 Å². The van der Waals surface area contributed by atoms with E-state index in [4.69, 9.17) is 9.47 Å². The summed E-state index contributed by atoms with van der Waals surface area (Å²) in [4.78, 5) is 8.66. The lowest BCUT2D eigenvalue weighted by Crippen LogP contribution is -2.39. The van der Waals surface area contributed by atoms with Crippen LogP contribution in [0, 0.1) is 11.5 Å². The lowest BCUT2D eigenvalue weighted by atomic mass is 10.3. The second-order valence-corrected chi connectivity index (χ2v) is 10.9. The molecule has 1 aliphatic heterocycles. The van der Waals surface area contributed by atoms with E-state index >= 15 is 0 Å². The van der Waals surface area contributed by atoms with Crippen LogP contribution in [0.15, 0.2) is 11.4 Å². The molecule has 0 aromatic carbocycles. The first-order chi connectivity index (χ1) is 8.98. The molecule has 19 heavy (non-hydrogen) atoms. The third-order valence-electron chi connectivity index (χ3n) is 2.37. The Morgan fingerprint density at radius 1 is 1.42 bits per heavy atom. The van der Waals surface area contributed by atoms with Gasteiger partial charge in [0.25, 0.3) is 0 Å². The SMILES string of the molecule is CSc1ncc(C#C[Si](C)(C)C)c(OC2COC2)n1. The van der Waals surface area contributed by atoms with Crippen molar-refractivity contribution in [2.75, 3.05) is 19.5 Å². The molecule has 0 spiro atoms. The third-order valence-corrected chi connectivity index (χ3v) is 3.81. The minimum atomic E-state index is -1.42. The fourth-order valence-electron chi connectivity index (χ4n) is 1.32. The Bertz CT molecular complexity index is 516. The molecule has 0 radical (unpaired) electrons. The fourth-order valence-corrected chi connectivity index (χ4v) is 2.16. The van der Waals surface area contributed by atoms with E-state index in [1.54, 1.807) is 6.20 Å². The molecule has 1 aromatic heterocycles. The highest BCUT2D eigenvalue weighted by molar-refractivity contribution is 7.98. The summed E-state index contributed by atoms with van der Waals surface area (Å²) in [7, 11) is -1.42. The van der Waals surface area contributed by atoms with Gasteiger partial charge in [0.2, 0.25) is 5.88 Å². The van der Waals surface area contributed by atoms with Crippen LogP contribution in [0.3, 0.4) is 0 Å². The van der Waals surface area contributed by atoms with E-state index in [1.165, 1.54) is 11.8 Å². The molecule has 0 bridgehead atoms. The maximum Gasteiger partial charge on any atom is 0.234 e. The van der Waals surface area contributed by atoms with Crippen molar-refractivity contribution in [3.8, 4) is 17.3 Å². The second-order valence-electron chi connectivity index (χ2n) is 5.35. The normalized spacial score (nSPS) is 15.4. The molecule has 1 saturated heterocycles. The van der Waals surface area contributed by atoms with Gasteiger partial charge in [-0.2, -0.15) is 4.98 Å². The van der Waals surface area contributed by atoms with E-state index in [-0.39, 0.29) is 6.10 Å². The monoisotopic (exact) mass is 294 g/mol. The number of aromatic nitrogens is 2. The van der Waals surface area contributed by atoms with Crippen LogP contribution in [0.2, 0.25) is 19.6 Å². The molecule has 2 heterocycles. The highest BCUT2D eigenvalue weighted by Crippen LogP contribution is 2.21. The molecule has 0 amide bonds. The highest BCUT2D eigenvalue weighted by Gasteiger charge is 2.22. The number of hydrogen-bond donors (Lipinski definition) is 0. The molecule has 0 aliphatic carbocycles. The highest BCUT2D eigenvalue weighted by atomic mass is 32.2. The van der Waals surface area contributed by atoms with Crippen LogP contribution in [0.1, 0.15) is 5.56 Å². The van der Waals surface area contributed by atoms with Crippen LogP contribution in [0.5, 0.6) is 5.88 Å². The summed E-state index contributed by atoms with van der Waals surface area (Å²) in [5.74, 6) is 3.75. The van der Waals surface area contributed by atoms with Gasteiger partial charge in [0, 0.05) is 0 Å². The smallest absolute Gasteiger partial charge is 0.234 e. The zero-order chi connectivity index (χ0) is 13.9. The second kappa shape index (κ2) is 5.95. The van der Waals surface area contributed by atoms with Crippen molar-refractivity contribution in [1.82, 2.24) is 9.97 Å². The van der Waals surface area contributed by atoms with Crippen LogP contribution in [0.25, 0.3) is 0 Å². The van der Waals surface area contributed by atoms with Crippen LogP contribution in [-0.4, -0.2) is 43.6 Å². The molecule has 4 nitrogen and oxygen atoms in total. The molecule has 1 aromatic rings. The van der Waals surface area contributed by atoms with Crippen molar-refractivity contribution in [1.29, 1.82) is 0 Å². The van der Waals surface area contributed by atoms with Gasteiger partial charge < -0.3 is 9.47 Å². The zero-order valence-corrected chi connectivity index (χ0v) is 13.5. The van der Waals surface area contributed by atoms with Gasteiger partial charge in [-0.05, 0) is 6.26 Å². The van der Waals surface area contributed by atoms with Crippen molar-refractivity contribution < 1.29 is 9.47 Å². The maximum atomic E-state index is 5.81. The number of ether oxygens (including phenoxy) is 2. The van der Waals surface area contributed by atoms with E-state index in [0.717, 1.165) is 5.56 Å². The Kier molecular flexibility index (Phi) is 4.50. The first kappa shape index (κ1) is 14.4. The lowest BCUT2D eigenvalue weighted by Gasteiger charge is -2.26. The van der Waals surface area contributed by atoms with E-state index < -0.39 is 8.07 Å². The van der Waals surface area contributed by atoms with Crippen molar-refractivity contribution in [2.45, 2.75) is 30.9 Å². The summed E-state index contributed by atoms with van der Waals surface area (Å²) < 4.78 is 10.9. The first-order valence-electron chi connectivity index (χ1n) is 6.16. The van der Waals surface area contributed by atoms with Crippen molar-refractivity contribution >= 4 is 19.8 Å². The molecule has 0 N–H and O–H groups in total. The van der Waals surface area contributed by atoms with E-state index in [1.807, 2.05) is 6.26 Å². The fraction of sp³-hybridized carbons (Fsp3) is 0.538. The molecular formula is C13H18N2O2SSi. The van der Waals surface area contributed by atoms with Crippen molar-refractivity contribution in [2.24, 2.45) is 0 Å². The molecule has 0 atom stereocenters. The summed E-state index contributed by atoms with van der Waals surface area (Å²) in [5, 5.41) is 0.703. The summed E-state index contributed by atoms with van der Waals surface area (Å²) in [6.45, 7) is 7.87. The van der Waals surface area contributed by atoms with Gasteiger partial charge in [0.1, 0.15) is 19.7 Å². The molecule has 6 heteroatoms. The van der Waals surface area contributed by atoms with E-state index in [2.05, 4.69) is 41.1 Å². The van der Waals surface area contributed by atoms with Crippen LogP contribution in [-0.2, 0) is 4.74 Å². The molecule has 1 aliphatic rings. The molecule has 102 valence electrons. The average molecular weight is 294 g/mol. The molecule has 0 saturated carbocycles. The minimum Gasteiger partial charge on any atom is -0.468 e. The van der Waals surface area contributed by atoms with Gasteiger partial charge in [0.05, 0.1) is 19.4 Å². The predicted molar refractivity (Wildman–Crippen MR) is 79.3 cm³/mol. The Morgan fingerprint density at radius 3 is 2.68 bits per heavy atom. The quantitative estimate of drug-likeness (QED) is 0.370. The standard InChI is InChI=1S/C13H18N2O2SSi/c1-18-13-14-7-10(5-6-19(2,3)4)12(15-13)17-11-8-16-9-11/h7,11H,8-9H2,1-4H3. The van der Waals surface area contributed by atoms with Gasteiger partial charge in [-0.1, -0.05) is 37.3 Å². The Hall–Kier alpha value is -1.03. The largest absolute Gasteiger partial charge is 0.468 e. The third kappa shape index (κ3) is 4.23.